The summed E-state index contributed by atoms with van der Waals surface area (Å²) in [6.07, 6.45) is 0. The van der Waals surface area contributed by atoms with Gasteiger partial charge < -0.3 is 13.9 Å². The van der Waals surface area contributed by atoms with E-state index in [9.17, 15) is 0 Å². The molecular formula is C60H39FN2O. The van der Waals surface area contributed by atoms with Gasteiger partial charge >= 0.3 is 0 Å². The van der Waals surface area contributed by atoms with Crippen LogP contribution in [0.5, 0.6) is 0 Å². The molecule has 0 saturated heterocycles. The highest BCUT2D eigenvalue weighted by molar-refractivity contribution is 6.35. The van der Waals surface area contributed by atoms with E-state index in [1.165, 1.54) is 48.9 Å². The van der Waals surface area contributed by atoms with Gasteiger partial charge in [-0.3, -0.25) is 0 Å². The zero-order chi connectivity index (χ0) is 42.6. The van der Waals surface area contributed by atoms with E-state index in [0.717, 1.165) is 72.0 Å². The summed E-state index contributed by atoms with van der Waals surface area (Å²) in [4.78, 5) is 2.14. The van der Waals surface area contributed by atoms with Crippen LogP contribution in [0.4, 0.5) is 21.5 Å². The van der Waals surface area contributed by atoms with Crippen LogP contribution in [-0.4, -0.2) is 4.57 Å². The molecule has 13 rings (SSSR count). The molecule has 0 spiro atoms. The Labute approximate surface area is 368 Å². The minimum absolute atomic E-state index is 0.331. The minimum Gasteiger partial charge on any atom is -0.454 e. The van der Waals surface area contributed by atoms with Gasteiger partial charge in [-0.2, -0.15) is 0 Å². The maximum absolute atomic E-state index is 18.0. The molecule has 2 heterocycles. The summed E-state index contributed by atoms with van der Waals surface area (Å²) in [7, 11) is 0. The lowest BCUT2D eigenvalue weighted by Gasteiger charge is -2.31. The summed E-state index contributed by atoms with van der Waals surface area (Å²) >= 11 is 0. The lowest BCUT2D eigenvalue weighted by atomic mass is 9.87. The Morgan fingerprint density at radius 1 is 0.453 bits per heavy atom. The highest BCUT2D eigenvalue weighted by atomic mass is 19.1. The fourth-order valence-electron chi connectivity index (χ4n) is 10.7. The molecule has 0 aliphatic rings. The third-order valence-corrected chi connectivity index (χ3v) is 13.5. The summed E-state index contributed by atoms with van der Waals surface area (Å²) < 4.78 is 27.3. The van der Waals surface area contributed by atoms with E-state index in [2.05, 4.69) is 151 Å². The molecule has 0 atom stereocenters. The number of anilines is 3. The largest absolute Gasteiger partial charge is 0.454 e. The van der Waals surface area contributed by atoms with Crippen molar-refractivity contribution in [1.82, 2.24) is 4.57 Å². The number of halogens is 1. The maximum atomic E-state index is 18.0. The van der Waals surface area contributed by atoms with Crippen molar-refractivity contribution in [1.29, 1.82) is 0 Å². The smallest absolute Gasteiger partial charge is 0.159 e. The Kier molecular flexibility index (Phi) is 7.92. The van der Waals surface area contributed by atoms with Gasteiger partial charge in [0.25, 0.3) is 0 Å². The van der Waals surface area contributed by atoms with Crippen molar-refractivity contribution in [3.05, 3.63) is 217 Å². The summed E-state index contributed by atoms with van der Waals surface area (Å²) in [5, 5.41) is 11.4. The minimum atomic E-state index is -0.331. The highest BCUT2D eigenvalue weighted by Crippen LogP contribution is 2.53. The van der Waals surface area contributed by atoms with Crippen LogP contribution >= 0.6 is 0 Å². The summed E-state index contributed by atoms with van der Waals surface area (Å²) in [6, 6.07) is 69.3. The Morgan fingerprint density at radius 3 is 1.88 bits per heavy atom. The van der Waals surface area contributed by atoms with Gasteiger partial charge in [0.15, 0.2) is 5.58 Å². The van der Waals surface area contributed by atoms with Gasteiger partial charge in [0, 0.05) is 38.2 Å². The van der Waals surface area contributed by atoms with Gasteiger partial charge in [-0.25, -0.2) is 4.39 Å². The Bertz CT molecular complexity index is 3980. The Morgan fingerprint density at radius 2 is 1.08 bits per heavy atom. The molecule has 13 aromatic rings. The molecule has 4 heteroatoms. The number of fused-ring (bicyclic) bond motifs is 7. The molecule has 0 saturated carbocycles. The highest BCUT2D eigenvalue weighted by Gasteiger charge is 2.29. The van der Waals surface area contributed by atoms with E-state index in [-0.39, 0.29) is 5.82 Å². The molecular weight excluding hydrogens is 784 g/mol. The van der Waals surface area contributed by atoms with E-state index in [1.54, 1.807) is 6.07 Å². The summed E-state index contributed by atoms with van der Waals surface area (Å²) in [5.74, 6) is -0.331. The first-order chi connectivity index (χ1) is 31.5. The van der Waals surface area contributed by atoms with Gasteiger partial charge in [0.2, 0.25) is 0 Å². The molecule has 0 N–H and O–H groups in total. The normalized spacial score (nSPS) is 12.0. The van der Waals surface area contributed by atoms with Crippen LogP contribution in [0.1, 0.15) is 11.1 Å². The fraction of sp³-hybridized carbons (Fsp3) is 0.0333. The lowest BCUT2D eigenvalue weighted by molar-refractivity contribution is 0.629. The summed E-state index contributed by atoms with van der Waals surface area (Å²) in [5.41, 5.74) is 12.9. The van der Waals surface area contributed by atoms with Gasteiger partial charge in [0.1, 0.15) is 11.4 Å². The number of para-hydroxylation sites is 4. The van der Waals surface area contributed by atoms with Crippen LogP contribution in [0.3, 0.4) is 0 Å². The average Bonchev–Trinajstić information content (AvgIpc) is 3.91. The number of hydrogen-bond acceptors (Lipinski definition) is 2. The molecule has 0 amide bonds. The first-order valence-electron chi connectivity index (χ1n) is 21.9. The number of aryl methyl sites for hydroxylation is 2. The average molecular weight is 823 g/mol. The van der Waals surface area contributed by atoms with Crippen LogP contribution in [0.25, 0.3) is 104 Å². The SMILES string of the molecule is Cc1cc(N(c2c(F)cc(-c3ccccc3)cc2-c2ccccc2)c2cccc3c2oc2ccccc23)c2ccc3c(C)c4c(c5ccc1c2c35)c1ccccc1n4-c1ccccc1. The molecule has 0 aliphatic carbocycles. The zero-order valence-corrected chi connectivity index (χ0v) is 35.2. The molecule has 3 nitrogen and oxygen atoms in total. The van der Waals surface area contributed by atoms with E-state index >= 15 is 4.39 Å². The molecule has 0 aliphatic heterocycles. The van der Waals surface area contributed by atoms with E-state index in [4.69, 9.17) is 4.42 Å². The van der Waals surface area contributed by atoms with Crippen LogP contribution in [0.15, 0.2) is 205 Å². The Balaban J connectivity index is 1.18. The lowest BCUT2D eigenvalue weighted by Crippen LogP contribution is -2.14. The van der Waals surface area contributed by atoms with Crippen molar-refractivity contribution >= 4 is 93.1 Å². The monoisotopic (exact) mass is 822 g/mol. The van der Waals surface area contributed by atoms with Crippen LogP contribution in [0, 0.1) is 19.7 Å². The third kappa shape index (κ3) is 5.20. The quantitative estimate of drug-likeness (QED) is 0.156. The number of aromatic nitrogens is 1. The second-order valence-corrected chi connectivity index (χ2v) is 17.0. The number of nitrogens with zero attached hydrogens (tertiary/aromatic N) is 2. The van der Waals surface area contributed by atoms with Crippen molar-refractivity contribution in [3.63, 3.8) is 0 Å². The zero-order valence-electron chi connectivity index (χ0n) is 35.2. The van der Waals surface area contributed by atoms with Gasteiger partial charge in [0.05, 0.1) is 28.1 Å². The van der Waals surface area contributed by atoms with Crippen molar-refractivity contribution in [2.75, 3.05) is 4.90 Å². The maximum Gasteiger partial charge on any atom is 0.159 e. The van der Waals surface area contributed by atoms with Gasteiger partial charge in [-0.15, -0.1) is 0 Å². The molecule has 0 fully saturated rings. The predicted molar refractivity (Wildman–Crippen MR) is 267 cm³/mol. The van der Waals surface area contributed by atoms with Crippen LogP contribution in [-0.2, 0) is 0 Å². The van der Waals surface area contributed by atoms with Crippen molar-refractivity contribution in [2.45, 2.75) is 13.8 Å². The molecule has 64 heavy (non-hydrogen) atoms. The van der Waals surface area contributed by atoms with Crippen LogP contribution in [0.2, 0.25) is 0 Å². The fourth-order valence-corrected chi connectivity index (χ4v) is 10.7. The first-order valence-corrected chi connectivity index (χ1v) is 21.9. The standard InChI is InChI=1S/C60H39FN2O/c1-36-33-53(47-31-30-43-37(2)58-57(48-32-29-42(36)55(47)56(43)48)46-24-12-14-26-51(46)62(58)41-21-10-5-11-22-41)63(52-27-16-25-45-44-23-13-15-28-54(44)64-60(45)52)59-49(39-19-8-4-9-20-39)34-40(35-50(59)61)38-17-6-3-7-18-38/h3-35H,1-2H3. The second kappa shape index (κ2) is 13.9. The van der Waals surface area contributed by atoms with Crippen LogP contribution < -0.4 is 4.90 Å². The van der Waals surface area contributed by atoms with E-state index in [1.807, 2.05) is 66.7 Å². The number of benzene rings is 11. The van der Waals surface area contributed by atoms with E-state index in [0.29, 0.717) is 11.3 Å². The number of hydrogen-bond donors (Lipinski definition) is 0. The topological polar surface area (TPSA) is 21.3 Å². The second-order valence-electron chi connectivity index (χ2n) is 17.0. The molecule has 302 valence electrons. The van der Waals surface area contributed by atoms with Gasteiger partial charge in [-0.1, -0.05) is 152 Å². The molecule has 11 aromatic carbocycles. The van der Waals surface area contributed by atoms with Gasteiger partial charge in [-0.05, 0) is 117 Å². The van der Waals surface area contributed by atoms with Crippen molar-refractivity contribution in [3.8, 4) is 27.9 Å². The molecule has 0 bridgehead atoms. The summed E-state index contributed by atoms with van der Waals surface area (Å²) in [6.45, 7) is 4.46. The van der Waals surface area contributed by atoms with E-state index < -0.39 is 0 Å². The molecule has 0 radical (unpaired) electrons. The molecule has 0 unspecified atom stereocenters. The Hall–Kier alpha value is -8.21. The number of rotatable bonds is 6. The number of furan rings is 1. The van der Waals surface area contributed by atoms with Crippen molar-refractivity contribution < 1.29 is 8.81 Å². The predicted octanol–water partition coefficient (Wildman–Crippen LogP) is 17.1. The molecule has 2 aromatic heterocycles. The third-order valence-electron chi connectivity index (χ3n) is 13.5. The van der Waals surface area contributed by atoms with Crippen molar-refractivity contribution in [2.24, 2.45) is 0 Å². The first kappa shape index (κ1) is 36.4.